The molecule has 0 radical (unpaired) electrons. The van der Waals surface area contributed by atoms with Gasteiger partial charge in [-0.25, -0.2) is 9.50 Å². The molecular weight excluding hydrogens is 198 g/mol. The molecule has 0 aliphatic heterocycles. The molecule has 82 valence electrons. The number of aliphatic hydroxyl groups excluding tert-OH is 2. The van der Waals surface area contributed by atoms with Gasteiger partial charge >= 0.3 is 0 Å². The molecule has 2 aromatic rings. The standard InChI is InChI=1S/C8H13N5O2/c14-3-1-11(2-4-15)13-10-6-8-5-9-7-12(8)13/h5-7,14-15H,1-4H2. The highest BCUT2D eigenvalue weighted by Gasteiger charge is 2.08. The predicted molar refractivity (Wildman–Crippen MR) is 53.1 cm³/mol. The third-order valence-corrected chi connectivity index (χ3v) is 2.10. The molecule has 2 heterocycles. The van der Waals surface area contributed by atoms with Crippen LogP contribution in [0.3, 0.4) is 0 Å². The van der Waals surface area contributed by atoms with Gasteiger partial charge in [0.25, 0.3) is 0 Å². The predicted octanol–water partition coefficient (Wildman–Crippen LogP) is -1.55. The van der Waals surface area contributed by atoms with Crippen LogP contribution in [0.5, 0.6) is 0 Å². The Kier molecular flexibility index (Phi) is 2.84. The van der Waals surface area contributed by atoms with Crippen molar-refractivity contribution in [3.05, 3.63) is 18.7 Å². The van der Waals surface area contributed by atoms with Gasteiger partial charge in [-0.3, -0.25) is 5.01 Å². The van der Waals surface area contributed by atoms with Crippen molar-refractivity contribution in [3.8, 4) is 0 Å². The van der Waals surface area contributed by atoms with E-state index in [1.807, 2.05) is 0 Å². The average molecular weight is 211 g/mol. The van der Waals surface area contributed by atoms with Crippen molar-refractivity contribution in [2.24, 2.45) is 0 Å². The Morgan fingerprint density at radius 1 is 1.20 bits per heavy atom. The number of hydrogen-bond acceptors (Lipinski definition) is 5. The molecule has 0 aliphatic carbocycles. The summed E-state index contributed by atoms with van der Waals surface area (Å²) in [4.78, 5) is 5.55. The maximum atomic E-state index is 8.90. The van der Waals surface area contributed by atoms with E-state index < -0.39 is 0 Å². The smallest absolute Gasteiger partial charge is 0.119 e. The van der Waals surface area contributed by atoms with E-state index in [2.05, 4.69) is 10.1 Å². The first-order valence-electron chi connectivity index (χ1n) is 4.70. The first kappa shape index (κ1) is 9.94. The number of aliphatic hydroxyl groups is 2. The lowest BCUT2D eigenvalue weighted by Crippen LogP contribution is -2.42. The van der Waals surface area contributed by atoms with E-state index in [1.54, 1.807) is 33.2 Å². The minimum Gasteiger partial charge on any atom is -0.394 e. The zero-order valence-corrected chi connectivity index (χ0v) is 8.19. The molecule has 0 amide bonds. The second kappa shape index (κ2) is 4.28. The third kappa shape index (κ3) is 1.79. The van der Waals surface area contributed by atoms with E-state index in [0.717, 1.165) is 5.52 Å². The molecule has 7 heteroatoms. The van der Waals surface area contributed by atoms with Crippen molar-refractivity contribution in [2.75, 3.05) is 31.3 Å². The van der Waals surface area contributed by atoms with Gasteiger partial charge in [0.05, 0.1) is 38.7 Å². The molecule has 2 aromatic heterocycles. The fourth-order valence-corrected chi connectivity index (χ4v) is 1.44. The summed E-state index contributed by atoms with van der Waals surface area (Å²) in [6.45, 7) is 0.844. The van der Waals surface area contributed by atoms with Gasteiger partial charge in [0.15, 0.2) is 0 Å². The molecule has 0 atom stereocenters. The normalized spacial score (nSPS) is 11.1. The topological polar surface area (TPSA) is 78.8 Å². The largest absolute Gasteiger partial charge is 0.394 e. The molecule has 0 unspecified atom stereocenters. The van der Waals surface area contributed by atoms with Crippen LogP contribution in [0.15, 0.2) is 18.7 Å². The van der Waals surface area contributed by atoms with Crippen LogP contribution in [-0.2, 0) is 0 Å². The highest BCUT2D eigenvalue weighted by molar-refractivity contribution is 5.40. The number of hydrogen-bond donors (Lipinski definition) is 2. The van der Waals surface area contributed by atoms with E-state index in [-0.39, 0.29) is 13.2 Å². The van der Waals surface area contributed by atoms with E-state index >= 15 is 0 Å². The van der Waals surface area contributed by atoms with Crippen molar-refractivity contribution >= 4 is 5.52 Å². The van der Waals surface area contributed by atoms with Gasteiger partial charge in [0.2, 0.25) is 0 Å². The zero-order chi connectivity index (χ0) is 10.7. The van der Waals surface area contributed by atoms with Crippen LogP contribution in [0.25, 0.3) is 5.52 Å². The van der Waals surface area contributed by atoms with Crippen molar-refractivity contribution < 1.29 is 10.2 Å². The van der Waals surface area contributed by atoms with Crippen molar-refractivity contribution in [2.45, 2.75) is 0 Å². The van der Waals surface area contributed by atoms with Gasteiger partial charge in [-0.05, 0) is 0 Å². The molecule has 7 nitrogen and oxygen atoms in total. The molecule has 0 aliphatic rings. The zero-order valence-electron chi connectivity index (χ0n) is 8.19. The highest BCUT2D eigenvalue weighted by Crippen LogP contribution is 2.00. The van der Waals surface area contributed by atoms with Crippen molar-refractivity contribution in [3.63, 3.8) is 0 Å². The van der Waals surface area contributed by atoms with Gasteiger partial charge < -0.3 is 10.2 Å². The van der Waals surface area contributed by atoms with E-state index in [1.165, 1.54) is 0 Å². The van der Waals surface area contributed by atoms with Crippen LogP contribution in [0.1, 0.15) is 0 Å². The summed E-state index contributed by atoms with van der Waals surface area (Å²) in [5, 5.41) is 23.7. The van der Waals surface area contributed by atoms with Crippen molar-refractivity contribution in [1.82, 2.24) is 19.5 Å². The summed E-state index contributed by atoms with van der Waals surface area (Å²) >= 11 is 0. The van der Waals surface area contributed by atoms with E-state index in [0.29, 0.717) is 13.1 Å². The van der Waals surface area contributed by atoms with E-state index in [4.69, 9.17) is 10.2 Å². The van der Waals surface area contributed by atoms with Crippen LogP contribution in [0.4, 0.5) is 0 Å². The molecule has 0 saturated heterocycles. The Hall–Kier alpha value is -1.60. The molecule has 15 heavy (non-hydrogen) atoms. The lowest BCUT2D eigenvalue weighted by Gasteiger charge is -2.22. The maximum Gasteiger partial charge on any atom is 0.119 e. The highest BCUT2D eigenvalue weighted by atomic mass is 16.3. The summed E-state index contributed by atoms with van der Waals surface area (Å²) in [5.74, 6) is 0. The molecule has 0 saturated carbocycles. The Balaban J connectivity index is 2.29. The number of fused-ring (bicyclic) bond motifs is 1. The lowest BCUT2D eigenvalue weighted by molar-refractivity contribution is 0.252. The third-order valence-electron chi connectivity index (χ3n) is 2.10. The Morgan fingerprint density at radius 3 is 2.60 bits per heavy atom. The molecular formula is C8H13N5O2. The second-order valence-corrected chi connectivity index (χ2v) is 3.08. The first-order chi connectivity index (χ1) is 7.36. The molecule has 0 spiro atoms. The van der Waals surface area contributed by atoms with Gasteiger partial charge in [0, 0.05) is 0 Å². The quantitative estimate of drug-likeness (QED) is 0.626. The second-order valence-electron chi connectivity index (χ2n) is 3.08. The van der Waals surface area contributed by atoms with Gasteiger partial charge in [-0.1, -0.05) is 0 Å². The molecule has 2 N–H and O–H groups in total. The minimum atomic E-state index is 0.00997. The Bertz CT molecular complexity index is 417. The fraction of sp³-hybridized carbons (Fsp3) is 0.500. The van der Waals surface area contributed by atoms with E-state index in [9.17, 15) is 0 Å². The first-order valence-corrected chi connectivity index (χ1v) is 4.70. The molecule has 0 aromatic carbocycles. The van der Waals surface area contributed by atoms with Gasteiger partial charge in [0.1, 0.15) is 11.8 Å². The lowest BCUT2D eigenvalue weighted by atomic mass is 10.6. The summed E-state index contributed by atoms with van der Waals surface area (Å²) < 4.78 is 1.74. The van der Waals surface area contributed by atoms with Crippen LogP contribution in [-0.4, -0.2) is 56.0 Å². The maximum absolute atomic E-state index is 8.90. The molecule has 0 bridgehead atoms. The van der Waals surface area contributed by atoms with Crippen LogP contribution >= 0.6 is 0 Å². The summed E-state index contributed by atoms with van der Waals surface area (Å²) in [6, 6.07) is 0. The summed E-state index contributed by atoms with van der Waals surface area (Å²) in [6.07, 6.45) is 5.00. The monoisotopic (exact) mass is 211 g/mol. The van der Waals surface area contributed by atoms with Crippen LogP contribution in [0.2, 0.25) is 0 Å². The number of rotatable bonds is 5. The molecule has 0 fully saturated rings. The van der Waals surface area contributed by atoms with Crippen LogP contribution in [0, 0.1) is 0 Å². The summed E-state index contributed by atoms with van der Waals surface area (Å²) in [5.41, 5.74) is 0.871. The Labute approximate surface area is 86.1 Å². The number of nitrogens with zero attached hydrogens (tertiary/aromatic N) is 5. The fourth-order valence-electron chi connectivity index (χ4n) is 1.44. The van der Waals surface area contributed by atoms with Gasteiger partial charge in [-0.2, -0.15) is 0 Å². The van der Waals surface area contributed by atoms with Crippen LogP contribution < -0.4 is 5.01 Å². The van der Waals surface area contributed by atoms with Crippen molar-refractivity contribution in [1.29, 1.82) is 0 Å². The average Bonchev–Trinajstić information content (AvgIpc) is 2.78. The minimum absolute atomic E-state index is 0.00997. The SMILES string of the molecule is OCCN(CCO)n1ncc2cncn21. The number of aromatic nitrogens is 4. The Morgan fingerprint density at radius 2 is 1.93 bits per heavy atom. The summed E-state index contributed by atoms with van der Waals surface area (Å²) in [7, 11) is 0. The molecule has 2 rings (SSSR count). The van der Waals surface area contributed by atoms with Gasteiger partial charge in [-0.15, -0.1) is 10.0 Å². The number of imidazole rings is 1.